The number of para-hydroxylation sites is 2. The topological polar surface area (TPSA) is 56.2 Å². The Morgan fingerprint density at radius 3 is 2.06 bits per heavy atom. The van der Waals surface area contributed by atoms with Crippen LogP contribution in [0.1, 0.15) is 0 Å². The number of furan rings is 1. The minimum absolute atomic E-state index is 0.118. The van der Waals surface area contributed by atoms with Crippen molar-refractivity contribution in [2.24, 2.45) is 0 Å². The van der Waals surface area contributed by atoms with E-state index in [1.54, 1.807) is 0 Å². The molecule has 0 atom stereocenters. The standard InChI is InChI=1S/C28H15ClN4O/c1-30-20-15-13-18(14-16-20)17-9-11-19(12-10-17)26-31-27(33-28(29)32-26)23-7-4-6-22-21-5-2-3-8-24(21)34-25(22)23/h2-16H. The zero-order chi connectivity index (χ0) is 23.1. The summed E-state index contributed by atoms with van der Waals surface area (Å²) in [5.41, 5.74) is 5.80. The van der Waals surface area contributed by atoms with Gasteiger partial charge in [-0.1, -0.05) is 78.9 Å². The van der Waals surface area contributed by atoms with Gasteiger partial charge in [0.25, 0.3) is 0 Å². The van der Waals surface area contributed by atoms with Gasteiger partial charge in [-0.15, -0.1) is 0 Å². The van der Waals surface area contributed by atoms with Crippen LogP contribution in [0, 0.1) is 6.57 Å². The van der Waals surface area contributed by atoms with Crippen LogP contribution in [0.5, 0.6) is 0 Å². The summed E-state index contributed by atoms with van der Waals surface area (Å²) in [4.78, 5) is 16.9. The smallest absolute Gasteiger partial charge is 0.226 e. The van der Waals surface area contributed by atoms with Crippen LogP contribution >= 0.6 is 11.6 Å². The molecule has 6 rings (SSSR count). The number of hydrogen-bond donors (Lipinski definition) is 0. The first-order valence-corrected chi connectivity index (χ1v) is 11.0. The lowest BCUT2D eigenvalue weighted by Gasteiger charge is -2.07. The van der Waals surface area contributed by atoms with E-state index in [1.807, 2.05) is 91.0 Å². The van der Waals surface area contributed by atoms with Crippen LogP contribution in [0.4, 0.5) is 5.69 Å². The summed E-state index contributed by atoms with van der Waals surface area (Å²) in [6.45, 7) is 7.10. The summed E-state index contributed by atoms with van der Waals surface area (Å²) < 4.78 is 6.14. The Kier molecular flexibility index (Phi) is 4.80. The average molecular weight is 459 g/mol. The van der Waals surface area contributed by atoms with Crippen LogP contribution in [-0.2, 0) is 0 Å². The number of nitrogens with zero attached hydrogens (tertiary/aromatic N) is 4. The van der Waals surface area contributed by atoms with Crippen LogP contribution in [0.15, 0.2) is 95.4 Å². The zero-order valence-electron chi connectivity index (χ0n) is 17.7. The molecule has 0 saturated carbocycles. The molecule has 6 aromatic rings. The molecule has 0 saturated heterocycles. The Morgan fingerprint density at radius 2 is 1.29 bits per heavy atom. The molecule has 2 heterocycles. The van der Waals surface area contributed by atoms with Crippen molar-refractivity contribution < 1.29 is 4.42 Å². The highest BCUT2D eigenvalue weighted by Crippen LogP contribution is 2.35. The van der Waals surface area contributed by atoms with Crippen molar-refractivity contribution in [1.29, 1.82) is 0 Å². The van der Waals surface area contributed by atoms with Gasteiger partial charge < -0.3 is 4.42 Å². The SMILES string of the molecule is [C-]#[N+]c1ccc(-c2ccc(-c3nc(Cl)nc(-c4cccc5c4oc4ccccc45)n3)cc2)cc1. The molecule has 6 heteroatoms. The van der Waals surface area contributed by atoms with Gasteiger partial charge >= 0.3 is 0 Å². The lowest BCUT2D eigenvalue weighted by molar-refractivity contribution is 0.669. The zero-order valence-corrected chi connectivity index (χ0v) is 18.5. The highest BCUT2D eigenvalue weighted by atomic mass is 35.5. The molecule has 0 bridgehead atoms. The first-order chi connectivity index (χ1) is 16.7. The van der Waals surface area contributed by atoms with E-state index >= 15 is 0 Å². The third kappa shape index (κ3) is 3.47. The van der Waals surface area contributed by atoms with E-state index in [4.69, 9.17) is 27.6 Å². The number of benzene rings is 4. The summed E-state index contributed by atoms with van der Waals surface area (Å²) in [5, 5.41) is 2.16. The Bertz CT molecular complexity index is 1720. The van der Waals surface area contributed by atoms with Gasteiger partial charge in [0.1, 0.15) is 11.2 Å². The summed E-state index contributed by atoms with van der Waals surface area (Å²) in [5.74, 6) is 0.941. The van der Waals surface area contributed by atoms with E-state index in [2.05, 4.69) is 14.8 Å². The molecule has 2 aromatic heterocycles. The maximum Gasteiger partial charge on any atom is 0.226 e. The van der Waals surface area contributed by atoms with Crippen molar-refractivity contribution >= 4 is 39.2 Å². The van der Waals surface area contributed by atoms with Gasteiger partial charge in [0.2, 0.25) is 5.28 Å². The molecular weight excluding hydrogens is 444 g/mol. The van der Waals surface area contributed by atoms with E-state index in [0.717, 1.165) is 44.2 Å². The second-order valence-corrected chi connectivity index (χ2v) is 8.11. The van der Waals surface area contributed by atoms with Crippen molar-refractivity contribution in [2.75, 3.05) is 0 Å². The van der Waals surface area contributed by atoms with Crippen molar-refractivity contribution in [1.82, 2.24) is 15.0 Å². The van der Waals surface area contributed by atoms with Crippen LogP contribution in [-0.4, -0.2) is 15.0 Å². The highest BCUT2D eigenvalue weighted by Gasteiger charge is 2.16. The fourth-order valence-corrected chi connectivity index (χ4v) is 4.22. The van der Waals surface area contributed by atoms with E-state index in [9.17, 15) is 0 Å². The van der Waals surface area contributed by atoms with Gasteiger partial charge in [0.15, 0.2) is 17.3 Å². The highest BCUT2D eigenvalue weighted by molar-refractivity contribution is 6.28. The average Bonchev–Trinajstić information content (AvgIpc) is 3.27. The quantitative estimate of drug-likeness (QED) is 0.252. The first-order valence-electron chi connectivity index (χ1n) is 10.6. The minimum Gasteiger partial charge on any atom is -0.455 e. The molecule has 0 aliphatic carbocycles. The lowest BCUT2D eigenvalue weighted by Crippen LogP contribution is -1.97. The van der Waals surface area contributed by atoms with Crippen molar-refractivity contribution in [3.05, 3.63) is 108 Å². The Hall–Kier alpha value is -4.53. The van der Waals surface area contributed by atoms with Crippen LogP contribution in [0.3, 0.4) is 0 Å². The molecular formula is C28H15ClN4O. The number of fused-ring (bicyclic) bond motifs is 3. The van der Waals surface area contributed by atoms with Crippen molar-refractivity contribution in [3.8, 4) is 33.9 Å². The van der Waals surface area contributed by atoms with Crippen molar-refractivity contribution in [3.63, 3.8) is 0 Å². The molecule has 5 nitrogen and oxygen atoms in total. The molecule has 0 amide bonds. The molecule has 0 radical (unpaired) electrons. The lowest BCUT2D eigenvalue weighted by atomic mass is 10.0. The molecule has 0 fully saturated rings. The predicted molar refractivity (Wildman–Crippen MR) is 135 cm³/mol. The third-order valence-electron chi connectivity index (χ3n) is 5.73. The second-order valence-electron chi connectivity index (χ2n) is 7.77. The third-order valence-corrected chi connectivity index (χ3v) is 5.90. The second kappa shape index (κ2) is 8.11. The first kappa shape index (κ1) is 20.1. The maximum atomic E-state index is 7.10. The Labute approximate surface area is 200 Å². The largest absolute Gasteiger partial charge is 0.455 e. The molecule has 0 unspecified atom stereocenters. The van der Waals surface area contributed by atoms with Gasteiger partial charge in [-0.2, -0.15) is 9.97 Å². The van der Waals surface area contributed by atoms with E-state index in [-0.39, 0.29) is 5.28 Å². The summed E-state index contributed by atoms with van der Waals surface area (Å²) in [6, 6.07) is 29.2. The van der Waals surface area contributed by atoms with Gasteiger partial charge in [0.05, 0.1) is 12.1 Å². The number of halogens is 1. The molecule has 0 aliphatic heterocycles. The molecule has 160 valence electrons. The number of aromatic nitrogens is 3. The predicted octanol–water partition coefficient (Wildman–Crippen LogP) is 7.98. The minimum atomic E-state index is 0.118. The molecule has 0 N–H and O–H groups in total. The normalized spacial score (nSPS) is 11.1. The summed E-state index contributed by atoms with van der Waals surface area (Å²) >= 11 is 6.32. The number of hydrogen-bond acceptors (Lipinski definition) is 4. The van der Waals surface area contributed by atoms with Crippen LogP contribution < -0.4 is 0 Å². The van der Waals surface area contributed by atoms with Crippen LogP contribution in [0.2, 0.25) is 5.28 Å². The van der Waals surface area contributed by atoms with Gasteiger partial charge in [-0.05, 0) is 34.9 Å². The molecule has 0 spiro atoms. The molecule has 0 aliphatic rings. The monoisotopic (exact) mass is 458 g/mol. The Balaban J connectivity index is 1.42. The molecule has 34 heavy (non-hydrogen) atoms. The van der Waals surface area contributed by atoms with Crippen LogP contribution in [0.25, 0.3) is 60.7 Å². The number of rotatable bonds is 3. The van der Waals surface area contributed by atoms with Crippen molar-refractivity contribution in [2.45, 2.75) is 0 Å². The van der Waals surface area contributed by atoms with E-state index < -0.39 is 0 Å². The Morgan fingerprint density at radius 1 is 0.647 bits per heavy atom. The molecule has 4 aromatic carbocycles. The van der Waals surface area contributed by atoms with Gasteiger partial charge in [-0.3, -0.25) is 0 Å². The maximum absolute atomic E-state index is 7.10. The fourth-order valence-electron chi connectivity index (χ4n) is 4.06. The van der Waals surface area contributed by atoms with Gasteiger partial charge in [-0.25, -0.2) is 9.83 Å². The summed E-state index contributed by atoms with van der Waals surface area (Å²) in [7, 11) is 0. The fraction of sp³-hybridized carbons (Fsp3) is 0. The summed E-state index contributed by atoms with van der Waals surface area (Å²) in [6.07, 6.45) is 0. The van der Waals surface area contributed by atoms with E-state index in [0.29, 0.717) is 17.3 Å². The van der Waals surface area contributed by atoms with E-state index in [1.165, 1.54) is 0 Å². The van der Waals surface area contributed by atoms with Gasteiger partial charge in [0, 0.05) is 16.3 Å².